The Kier molecular flexibility index (Phi) is 5.73. The zero-order valence-corrected chi connectivity index (χ0v) is 19.6. The first-order valence-electron chi connectivity index (χ1n) is 11.6. The SMILES string of the molecule is Cc1ccc(-c2ncccn2)c(C(=O)N2CC3(CC3)C[C@H]2CNc2cc(C(F)(F)F)cc(C)n2)c1. The van der Waals surface area contributed by atoms with Crippen LogP contribution in [-0.4, -0.2) is 44.9 Å². The number of pyridine rings is 1. The van der Waals surface area contributed by atoms with Crippen LogP contribution >= 0.6 is 0 Å². The maximum atomic E-state index is 13.8. The highest BCUT2D eigenvalue weighted by atomic mass is 19.4. The maximum Gasteiger partial charge on any atom is 0.416 e. The van der Waals surface area contributed by atoms with Gasteiger partial charge in [0.25, 0.3) is 5.91 Å². The average Bonchev–Trinajstić information content (AvgIpc) is 3.48. The Labute approximate surface area is 201 Å². The Hall–Kier alpha value is -3.49. The Balaban J connectivity index is 1.41. The van der Waals surface area contributed by atoms with Crippen molar-refractivity contribution in [3.05, 3.63) is 71.2 Å². The smallest absolute Gasteiger partial charge is 0.368 e. The van der Waals surface area contributed by atoms with Crippen LogP contribution in [0.4, 0.5) is 19.0 Å². The molecule has 1 atom stereocenters. The van der Waals surface area contributed by atoms with Crippen LogP contribution in [0.3, 0.4) is 0 Å². The Morgan fingerprint density at radius 2 is 1.89 bits per heavy atom. The third kappa shape index (κ3) is 4.85. The van der Waals surface area contributed by atoms with Crippen molar-refractivity contribution in [3.8, 4) is 11.4 Å². The Morgan fingerprint density at radius 3 is 2.57 bits per heavy atom. The van der Waals surface area contributed by atoms with Gasteiger partial charge in [-0.1, -0.05) is 17.7 Å². The molecule has 2 aliphatic rings. The molecule has 3 heterocycles. The van der Waals surface area contributed by atoms with E-state index >= 15 is 0 Å². The third-order valence-electron chi connectivity index (χ3n) is 6.84. The molecule has 1 amide bonds. The van der Waals surface area contributed by atoms with Crippen molar-refractivity contribution in [1.82, 2.24) is 19.9 Å². The Bertz CT molecular complexity index is 1260. The van der Waals surface area contributed by atoms with E-state index in [1.165, 1.54) is 6.92 Å². The van der Waals surface area contributed by atoms with Crippen molar-refractivity contribution in [3.63, 3.8) is 0 Å². The first-order chi connectivity index (χ1) is 16.6. The molecular weight excluding hydrogens is 455 g/mol. The van der Waals surface area contributed by atoms with Crippen molar-refractivity contribution in [1.29, 1.82) is 0 Å². The summed E-state index contributed by atoms with van der Waals surface area (Å²) < 4.78 is 39.7. The standard InChI is InChI=1S/C26H26F3N5O/c1-16-4-5-20(23-30-8-3-9-31-23)21(10-16)24(35)34-15-25(6-7-25)13-19(34)14-32-22-12-18(26(27,28)29)11-17(2)33-22/h3-5,8-12,19H,6-7,13-15H2,1-2H3,(H,32,33)/t19-/m0/s1. The minimum absolute atomic E-state index is 0.104. The second-order valence-electron chi connectivity index (χ2n) is 9.67. The number of likely N-dealkylation sites (tertiary alicyclic amines) is 1. The van der Waals surface area contributed by atoms with E-state index in [-0.39, 0.29) is 28.9 Å². The minimum atomic E-state index is -4.45. The normalized spacial score (nSPS) is 18.7. The summed E-state index contributed by atoms with van der Waals surface area (Å²) in [7, 11) is 0. The number of nitrogens with zero attached hydrogens (tertiary/aromatic N) is 4. The summed E-state index contributed by atoms with van der Waals surface area (Å²) in [5.74, 6) is 0.532. The van der Waals surface area contributed by atoms with Crippen LogP contribution in [0.15, 0.2) is 48.8 Å². The van der Waals surface area contributed by atoms with Crippen LogP contribution in [0.25, 0.3) is 11.4 Å². The van der Waals surface area contributed by atoms with E-state index in [1.807, 2.05) is 30.0 Å². The van der Waals surface area contributed by atoms with E-state index in [9.17, 15) is 18.0 Å². The van der Waals surface area contributed by atoms with Crippen molar-refractivity contribution in [2.75, 3.05) is 18.4 Å². The molecule has 0 unspecified atom stereocenters. The van der Waals surface area contributed by atoms with Gasteiger partial charge in [-0.05, 0) is 62.8 Å². The number of aryl methyl sites for hydroxylation is 2. The van der Waals surface area contributed by atoms with Gasteiger partial charge in [0.1, 0.15) is 5.82 Å². The second kappa shape index (κ2) is 8.62. The largest absolute Gasteiger partial charge is 0.416 e. The molecule has 0 bridgehead atoms. The molecule has 9 heteroatoms. The van der Waals surface area contributed by atoms with E-state index in [1.54, 1.807) is 18.5 Å². The van der Waals surface area contributed by atoms with Gasteiger partial charge in [-0.15, -0.1) is 0 Å². The molecule has 0 radical (unpaired) electrons. The molecule has 182 valence electrons. The molecule has 35 heavy (non-hydrogen) atoms. The van der Waals surface area contributed by atoms with Crippen LogP contribution in [0.5, 0.6) is 0 Å². The van der Waals surface area contributed by atoms with E-state index in [0.29, 0.717) is 30.0 Å². The van der Waals surface area contributed by atoms with Gasteiger partial charge in [-0.25, -0.2) is 15.0 Å². The fourth-order valence-corrected chi connectivity index (χ4v) is 4.89. The van der Waals surface area contributed by atoms with Gasteiger partial charge >= 0.3 is 6.18 Å². The summed E-state index contributed by atoms with van der Waals surface area (Å²) in [4.78, 5) is 28.6. The number of hydrogen-bond acceptors (Lipinski definition) is 5. The molecule has 1 saturated heterocycles. The van der Waals surface area contributed by atoms with Crippen LogP contribution in [0, 0.1) is 19.3 Å². The lowest BCUT2D eigenvalue weighted by Crippen LogP contribution is -2.40. The summed E-state index contributed by atoms with van der Waals surface area (Å²) in [6, 6.07) is 9.26. The van der Waals surface area contributed by atoms with Gasteiger partial charge < -0.3 is 10.2 Å². The highest BCUT2D eigenvalue weighted by molar-refractivity contribution is 6.00. The molecule has 1 spiro atoms. The second-order valence-corrected chi connectivity index (χ2v) is 9.67. The zero-order valence-electron chi connectivity index (χ0n) is 19.6. The molecule has 3 aromatic rings. The molecule has 1 aliphatic heterocycles. The van der Waals surface area contributed by atoms with Crippen LogP contribution in [0.1, 0.15) is 46.4 Å². The lowest BCUT2D eigenvalue weighted by molar-refractivity contribution is -0.137. The topological polar surface area (TPSA) is 71.0 Å². The molecular formula is C26H26F3N5O. The average molecular weight is 482 g/mol. The highest BCUT2D eigenvalue weighted by Gasteiger charge is 2.53. The number of halogens is 3. The summed E-state index contributed by atoms with van der Waals surface area (Å²) in [6.07, 6.45) is 1.75. The number of benzene rings is 1. The van der Waals surface area contributed by atoms with Gasteiger partial charge in [0, 0.05) is 42.8 Å². The number of alkyl halides is 3. The number of hydrogen-bond donors (Lipinski definition) is 1. The summed E-state index contributed by atoms with van der Waals surface area (Å²) in [6.45, 7) is 4.43. The summed E-state index contributed by atoms with van der Waals surface area (Å²) >= 11 is 0. The zero-order chi connectivity index (χ0) is 24.8. The first kappa shape index (κ1) is 23.3. The van der Waals surface area contributed by atoms with Crippen molar-refractivity contribution in [2.45, 2.75) is 45.3 Å². The lowest BCUT2D eigenvalue weighted by Gasteiger charge is -2.26. The van der Waals surface area contributed by atoms with Crippen LogP contribution in [-0.2, 0) is 6.18 Å². The first-order valence-corrected chi connectivity index (χ1v) is 11.6. The van der Waals surface area contributed by atoms with Gasteiger partial charge in [0.2, 0.25) is 0 Å². The van der Waals surface area contributed by atoms with Gasteiger partial charge in [0.05, 0.1) is 11.1 Å². The number of rotatable bonds is 5. The van der Waals surface area contributed by atoms with E-state index in [2.05, 4.69) is 20.3 Å². The molecule has 2 aromatic heterocycles. The van der Waals surface area contributed by atoms with Gasteiger partial charge in [0.15, 0.2) is 5.82 Å². The molecule has 1 saturated carbocycles. The fraction of sp³-hybridized carbons (Fsp3) is 0.385. The lowest BCUT2D eigenvalue weighted by atomic mass is 10.0. The van der Waals surface area contributed by atoms with Crippen molar-refractivity contribution in [2.24, 2.45) is 5.41 Å². The molecule has 1 N–H and O–H groups in total. The van der Waals surface area contributed by atoms with Gasteiger partial charge in [-0.3, -0.25) is 4.79 Å². The summed E-state index contributed by atoms with van der Waals surface area (Å²) in [5.41, 5.74) is 1.80. The number of amides is 1. The minimum Gasteiger partial charge on any atom is -0.368 e. The van der Waals surface area contributed by atoms with Crippen molar-refractivity contribution >= 4 is 11.7 Å². The molecule has 2 fully saturated rings. The predicted octanol–water partition coefficient (Wildman–Crippen LogP) is 5.28. The maximum absolute atomic E-state index is 13.8. The summed E-state index contributed by atoms with van der Waals surface area (Å²) in [5, 5.41) is 3.07. The number of carbonyl (C=O) groups excluding carboxylic acids is 1. The van der Waals surface area contributed by atoms with Crippen molar-refractivity contribution < 1.29 is 18.0 Å². The molecule has 5 rings (SSSR count). The molecule has 1 aliphatic carbocycles. The monoisotopic (exact) mass is 481 g/mol. The number of carbonyl (C=O) groups is 1. The number of anilines is 1. The molecule has 6 nitrogen and oxygen atoms in total. The number of aromatic nitrogens is 3. The Morgan fingerprint density at radius 1 is 1.14 bits per heavy atom. The highest BCUT2D eigenvalue weighted by Crippen LogP contribution is 2.55. The van der Waals surface area contributed by atoms with Crippen LogP contribution < -0.4 is 5.32 Å². The fourth-order valence-electron chi connectivity index (χ4n) is 4.89. The van der Waals surface area contributed by atoms with E-state index in [0.717, 1.165) is 37.0 Å². The number of nitrogens with one attached hydrogen (secondary N) is 1. The van der Waals surface area contributed by atoms with E-state index in [4.69, 9.17) is 0 Å². The molecule has 1 aromatic carbocycles. The predicted molar refractivity (Wildman–Crippen MR) is 126 cm³/mol. The van der Waals surface area contributed by atoms with Gasteiger partial charge in [-0.2, -0.15) is 13.2 Å². The quantitative estimate of drug-likeness (QED) is 0.537. The van der Waals surface area contributed by atoms with E-state index < -0.39 is 11.7 Å². The third-order valence-corrected chi connectivity index (χ3v) is 6.84. The van der Waals surface area contributed by atoms with Crippen LogP contribution in [0.2, 0.25) is 0 Å².